The fourth-order valence-corrected chi connectivity index (χ4v) is 3.54. The maximum Gasteiger partial charge on any atom is 0.210 e. The van der Waals surface area contributed by atoms with Gasteiger partial charge >= 0.3 is 0 Å². The van der Waals surface area contributed by atoms with Crippen molar-refractivity contribution >= 4 is 28.7 Å². The van der Waals surface area contributed by atoms with Crippen molar-refractivity contribution in [2.24, 2.45) is 0 Å². The lowest BCUT2D eigenvalue weighted by Gasteiger charge is -2.17. The van der Waals surface area contributed by atoms with Gasteiger partial charge in [0.05, 0.1) is 38.9 Å². The third kappa shape index (κ3) is 4.90. The van der Waals surface area contributed by atoms with Crippen LogP contribution in [0.5, 0.6) is 0 Å². The van der Waals surface area contributed by atoms with Gasteiger partial charge in [0.2, 0.25) is 1.43 Å². The summed E-state index contributed by atoms with van der Waals surface area (Å²) in [5.74, 6) is -6.40. The van der Waals surface area contributed by atoms with Crippen LogP contribution in [0.3, 0.4) is 0 Å². The fraction of sp³-hybridized carbons (Fsp3) is 0.565. The standard InChI is InChI=1S/C23H28F2N6O4S/c1-2-7-36-23-27-21(26-15-9-12(15)11-3-4-13(24)14(25)8-11)18-22(28-23)31(30-29-18)16-10-17(35-6-5-32)20(34)19(16)33/h3-4,8,12,15-17,19-20,32-34H,2,5-7,9-10H2,1H3,(H,26,27,28)/t12?,15-,16-,17+,19+,20-/m1/s1/i1D3,2D2,3D,4D,5D2,6D,7D2,8D,9D2,10D2,16D,17D,19D,20D,32D/t6?,12?,15-,16-,17+,19+,20-. The number of nitrogens with zero attached hydrogens (tertiary/aromatic N) is 5. The minimum Gasteiger partial charge on any atom is -0.394 e. The Bertz CT molecular complexity index is 2140. The number of ether oxygens (including phenoxy) is 1. The number of benzene rings is 1. The number of anilines is 1. The van der Waals surface area contributed by atoms with E-state index in [0.29, 0.717) is 0 Å². The Morgan fingerprint density at radius 2 is 2.25 bits per heavy atom. The van der Waals surface area contributed by atoms with Gasteiger partial charge in [0, 0.05) is 39.1 Å². The molecular formula is C23H28F2N6O4S. The van der Waals surface area contributed by atoms with Gasteiger partial charge < -0.3 is 25.4 Å². The Kier molecular flexibility index (Phi) is 2.92. The zero-order valence-corrected chi connectivity index (χ0v) is 18.2. The van der Waals surface area contributed by atoms with Crippen LogP contribution in [-0.4, -0.2) is 84.8 Å². The first-order chi connectivity index (χ1) is 25.9. The molecule has 0 aliphatic heterocycles. The van der Waals surface area contributed by atoms with Gasteiger partial charge in [-0.25, -0.2) is 23.4 Å². The SMILES string of the molecule is [2H]OC([2H])([2H])C([2H])O[C@@]1([2H])C([2H])([2H])[C@@]([2H])(n2nnc3c(N[C@H]4C(c5c([2H])c([2H])c(F)c(F)c5[2H])C4([2H])[2H])nc(SC([2H])([2H])C([2H])([2H])C([2H])([2H])[2H])nc32)[C@]([2H])(O)[C@]1([2H])O. The average Bonchev–Trinajstić information content (AvgIpc) is 3.36. The highest BCUT2D eigenvalue weighted by Gasteiger charge is 2.45. The van der Waals surface area contributed by atoms with Gasteiger partial charge in [-0.15, -0.1) is 5.10 Å². The number of hydrogen-bond donors (Lipinski definition) is 4. The molecule has 2 saturated carbocycles. The molecule has 2 aromatic heterocycles. The molecule has 36 heavy (non-hydrogen) atoms. The molecule has 0 saturated heterocycles. The molecule has 7 atom stereocenters. The zero-order valence-electron chi connectivity index (χ0n) is 39.3. The van der Waals surface area contributed by atoms with Crippen molar-refractivity contribution < 1.29 is 57.6 Å². The highest BCUT2D eigenvalue weighted by molar-refractivity contribution is 7.99. The van der Waals surface area contributed by atoms with Crippen LogP contribution >= 0.6 is 11.8 Å². The summed E-state index contributed by atoms with van der Waals surface area (Å²) in [5.41, 5.74) is -6.36. The molecule has 3 aromatic rings. The van der Waals surface area contributed by atoms with E-state index < -0.39 is 138 Å². The Morgan fingerprint density at radius 3 is 3.08 bits per heavy atom. The van der Waals surface area contributed by atoms with Gasteiger partial charge in [-0.3, -0.25) is 0 Å². The molecule has 2 fully saturated rings. The first-order valence-electron chi connectivity index (χ1n) is 20.6. The second-order valence-electron chi connectivity index (χ2n) is 6.89. The minimum absolute atomic E-state index is 0.182. The molecule has 0 spiro atoms. The number of thioether (sulfide) groups is 1. The number of hydrogen-bond acceptors (Lipinski definition) is 10. The smallest absolute Gasteiger partial charge is 0.210 e. The van der Waals surface area contributed by atoms with E-state index in [1.54, 1.807) is 0 Å². The Labute approximate surface area is 241 Å². The molecule has 0 amide bonds. The van der Waals surface area contributed by atoms with Crippen molar-refractivity contribution in [1.29, 1.82) is 1.43 Å². The van der Waals surface area contributed by atoms with Crippen molar-refractivity contribution in [2.45, 2.75) is 67.3 Å². The van der Waals surface area contributed by atoms with Crippen molar-refractivity contribution in [3.63, 3.8) is 0 Å². The van der Waals surface area contributed by atoms with E-state index in [4.69, 9.17) is 35.0 Å². The topological polar surface area (TPSA) is 138 Å². The Morgan fingerprint density at radius 1 is 1.36 bits per heavy atom. The van der Waals surface area contributed by atoms with E-state index in [9.17, 15) is 19.0 Å². The van der Waals surface area contributed by atoms with E-state index in [-0.39, 0.29) is 16.4 Å². The van der Waals surface area contributed by atoms with Crippen molar-refractivity contribution in [3.8, 4) is 0 Å². The molecule has 1 aromatic carbocycles. The molecule has 2 aliphatic carbocycles. The lowest BCUT2D eigenvalue weighted by Crippen LogP contribution is -2.33. The predicted octanol–water partition coefficient (Wildman–Crippen LogP) is 2.01. The second-order valence-corrected chi connectivity index (χ2v) is 7.67. The summed E-state index contributed by atoms with van der Waals surface area (Å²) in [4.78, 5) is 7.74. The molecule has 2 aliphatic rings. The fourth-order valence-electron chi connectivity index (χ4n) is 3.13. The van der Waals surface area contributed by atoms with Crippen molar-refractivity contribution in [3.05, 3.63) is 35.3 Å². The van der Waals surface area contributed by atoms with Gasteiger partial charge in [0.1, 0.15) is 12.2 Å². The van der Waals surface area contributed by atoms with Crippen LogP contribution in [0.1, 0.15) is 72.3 Å². The summed E-state index contributed by atoms with van der Waals surface area (Å²) in [6, 6.07) is -9.65. The number of aliphatic hydroxyl groups is 3. The summed E-state index contributed by atoms with van der Waals surface area (Å²) in [6.07, 6.45) is -23.7. The van der Waals surface area contributed by atoms with Crippen LogP contribution in [0.25, 0.3) is 11.2 Å². The summed E-state index contributed by atoms with van der Waals surface area (Å²) < 4.78 is 211. The van der Waals surface area contributed by atoms with Gasteiger partial charge in [0.15, 0.2) is 33.8 Å². The molecule has 4 N–H and O–H groups in total. The molecule has 2 unspecified atom stereocenters. The summed E-state index contributed by atoms with van der Waals surface area (Å²) >= 11 is -0.383. The minimum atomic E-state index is -4.43. The van der Waals surface area contributed by atoms with Gasteiger partial charge in [0.25, 0.3) is 0 Å². The molecule has 10 nitrogen and oxygen atoms in total. The van der Waals surface area contributed by atoms with Crippen molar-refractivity contribution in [1.82, 2.24) is 25.0 Å². The quantitative estimate of drug-likeness (QED) is 0.209. The predicted molar refractivity (Wildman–Crippen MR) is 128 cm³/mol. The van der Waals surface area contributed by atoms with Crippen LogP contribution in [0.2, 0.25) is 0 Å². The van der Waals surface area contributed by atoms with Crippen LogP contribution in [-0.2, 0) is 4.74 Å². The van der Waals surface area contributed by atoms with Crippen LogP contribution in [0.15, 0.2) is 23.3 Å². The molecule has 2 heterocycles. The van der Waals surface area contributed by atoms with E-state index in [0.717, 1.165) is 0 Å². The number of halogens is 2. The van der Waals surface area contributed by atoms with E-state index in [1.807, 2.05) is 0 Å². The number of aromatic nitrogens is 5. The van der Waals surface area contributed by atoms with Gasteiger partial charge in [-0.1, -0.05) is 29.9 Å². The normalized spacial score (nSPS) is 49.9. The monoisotopic (exact) mass is 544 g/mol. The van der Waals surface area contributed by atoms with E-state index >= 15 is 0 Å². The zero-order chi connectivity index (χ0) is 44.7. The highest BCUT2D eigenvalue weighted by Crippen LogP contribution is 2.44. The Balaban J connectivity index is 1.76. The lowest BCUT2D eigenvalue weighted by molar-refractivity contribution is -0.0629. The third-order valence-corrected chi connectivity index (χ3v) is 5.31. The van der Waals surface area contributed by atoms with Crippen molar-refractivity contribution in [2.75, 3.05) is 24.2 Å². The van der Waals surface area contributed by atoms with Gasteiger partial charge in [-0.05, 0) is 30.4 Å². The van der Waals surface area contributed by atoms with Crippen LogP contribution < -0.4 is 5.32 Å². The largest absolute Gasteiger partial charge is 0.394 e. The number of rotatable bonds is 11. The van der Waals surface area contributed by atoms with Gasteiger partial charge in [-0.2, -0.15) is 0 Å². The summed E-state index contributed by atoms with van der Waals surface area (Å²) in [6.45, 7) is -10.2. The molecule has 0 radical (unpaired) electrons. The number of nitrogens with one attached hydrogen (secondary N) is 1. The van der Waals surface area contributed by atoms with Crippen LogP contribution in [0, 0.1) is 11.6 Å². The second kappa shape index (κ2) is 10.5. The number of fused-ring (bicyclic) bond motifs is 1. The third-order valence-electron chi connectivity index (χ3n) is 4.74. The molecular weight excluding hydrogens is 494 g/mol. The molecule has 5 rings (SSSR count). The average molecular weight is 545 g/mol. The van der Waals surface area contributed by atoms with E-state index in [2.05, 4.69) is 30.7 Å². The molecule has 0 bridgehead atoms. The lowest BCUT2D eigenvalue weighted by atomic mass is 10.1. The van der Waals surface area contributed by atoms with Crippen LogP contribution in [0.4, 0.5) is 14.6 Å². The first-order valence-corrected chi connectivity index (χ1v) is 10.4. The molecule has 194 valence electrons. The maximum absolute atomic E-state index is 14.6. The molecule has 13 heteroatoms. The first kappa shape index (κ1) is 10.0. The summed E-state index contributed by atoms with van der Waals surface area (Å²) in [5, 5.41) is 34.5. The Hall–Kier alpha value is -2.45. The highest BCUT2D eigenvalue weighted by atomic mass is 32.2. The summed E-state index contributed by atoms with van der Waals surface area (Å²) in [7, 11) is 0. The maximum atomic E-state index is 14.6. The van der Waals surface area contributed by atoms with E-state index in [1.165, 1.54) is 0 Å².